The molecule has 0 unspecified atom stereocenters. The van der Waals surface area contributed by atoms with Crippen LogP contribution in [0, 0.1) is 0 Å². The molecular formula is C22H20N2O5S. The third kappa shape index (κ3) is 4.33. The molecule has 2 aromatic rings. The van der Waals surface area contributed by atoms with E-state index in [-0.39, 0.29) is 17.8 Å². The Bertz CT molecular complexity index is 1030. The summed E-state index contributed by atoms with van der Waals surface area (Å²) < 4.78 is 10.7. The summed E-state index contributed by atoms with van der Waals surface area (Å²) in [5.41, 5.74) is 2.56. The standard InChI is InChI=1S/C22H20N2O5S/c1-28-16-7-4-14(5-8-16)3-2-10-24-17-11-15(6-9-18(17)29-13-20(24)25)12-19-21(26)23-22(27)30-19/h4-9,11-12H,2-3,10,13H2,1H3,(H,23,26,27). The maximum absolute atomic E-state index is 12.5. The fraction of sp³-hybridized carbons (Fsp3) is 0.227. The molecule has 0 aliphatic carbocycles. The van der Waals surface area contributed by atoms with Crippen LogP contribution in [0.1, 0.15) is 17.5 Å². The SMILES string of the molecule is COc1ccc(CCCN2C(=O)COc3ccc(C=C4SC(=O)NC4=O)cc32)cc1. The summed E-state index contributed by atoms with van der Waals surface area (Å²) in [6.45, 7) is 0.553. The van der Waals surface area contributed by atoms with Gasteiger partial charge >= 0.3 is 0 Å². The number of ether oxygens (including phenoxy) is 2. The first-order chi connectivity index (χ1) is 14.5. The number of fused-ring (bicyclic) bond motifs is 1. The van der Waals surface area contributed by atoms with Gasteiger partial charge in [-0.05, 0) is 66.1 Å². The van der Waals surface area contributed by atoms with Crippen LogP contribution in [0.15, 0.2) is 47.4 Å². The molecule has 1 saturated heterocycles. The van der Waals surface area contributed by atoms with Gasteiger partial charge in [-0.25, -0.2) is 0 Å². The zero-order valence-electron chi connectivity index (χ0n) is 16.3. The Morgan fingerprint density at radius 1 is 1.17 bits per heavy atom. The fourth-order valence-electron chi connectivity index (χ4n) is 3.36. The number of anilines is 1. The zero-order chi connectivity index (χ0) is 21.1. The highest BCUT2D eigenvalue weighted by Gasteiger charge is 2.27. The van der Waals surface area contributed by atoms with Gasteiger partial charge in [0, 0.05) is 6.54 Å². The molecule has 2 heterocycles. The van der Waals surface area contributed by atoms with Gasteiger partial charge in [0.05, 0.1) is 17.7 Å². The van der Waals surface area contributed by atoms with Crippen LogP contribution >= 0.6 is 11.8 Å². The number of carbonyl (C=O) groups is 3. The van der Waals surface area contributed by atoms with Crippen molar-refractivity contribution in [2.24, 2.45) is 0 Å². The lowest BCUT2D eigenvalue weighted by Gasteiger charge is -2.29. The number of aryl methyl sites for hydroxylation is 1. The monoisotopic (exact) mass is 424 g/mol. The minimum absolute atomic E-state index is 0.00271. The fourth-order valence-corrected chi connectivity index (χ4v) is 4.04. The Morgan fingerprint density at radius 2 is 1.97 bits per heavy atom. The van der Waals surface area contributed by atoms with Gasteiger partial charge in [-0.3, -0.25) is 19.7 Å². The van der Waals surface area contributed by atoms with Gasteiger partial charge in [-0.15, -0.1) is 0 Å². The van der Waals surface area contributed by atoms with E-state index in [9.17, 15) is 14.4 Å². The van der Waals surface area contributed by atoms with E-state index in [4.69, 9.17) is 9.47 Å². The number of carbonyl (C=O) groups excluding carboxylic acids is 3. The summed E-state index contributed by atoms with van der Waals surface area (Å²) in [6, 6.07) is 13.3. The molecule has 8 heteroatoms. The van der Waals surface area contributed by atoms with Crippen LogP contribution in [0.2, 0.25) is 0 Å². The van der Waals surface area contributed by atoms with E-state index in [1.807, 2.05) is 30.3 Å². The highest BCUT2D eigenvalue weighted by Crippen LogP contribution is 2.35. The van der Waals surface area contributed by atoms with E-state index in [1.54, 1.807) is 30.2 Å². The number of amides is 3. The van der Waals surface area contributed by atoms with Crippen molar-refractivity contribution in [3.63, 3.8) is 0 Å². The Kier molecular flexibility index (Phi) is 5.76. The number of nitrogens with zero attached hydrogens (tertiary/aromatic N) is 1. The molecule has 0 spiro atoms. The minimum atomic E-state index is -0.411. The molecular weight excluding hydrogens is 404 g/mol. The first-order valence-corrected chi connectivity index (χ1v) is 10.3. The second-order valence-electron chi connectivity index (χ2n) is 6.87. The Labute approximate surface area is 178 Å². The van der Waals surface area contributed by atoms with E-state index >= 15 is 0 Å². The summed E-state index contributed by atoms with van der Waals surface area (Å²) in [5.74, 6) is 0.922. The largest absolute Gasteiger partial charge is 0.497 e. The number of hydrogen-bond acceptors (Lipinski definition) is 6. The number of rotatable bonds is 6. The van der Waals surface area contributed by atoms with Crippen molar-refractivity contribution in [1.29, 1.82) is 0 Å². The molecule has 0 aromatic heterocycles. The molecule has 154 valence electrons. The third-order valence-electron chi connectivity index (χ3n) is 4.87. The molecule has 3 amide bonds. The topological polar surface area (TPSA) is 84.9 Å². The second-order valence-corrected chi connectivity index (χ2v) is 7.88. The van der Waals surface area contributed by atoms with Gasteiger partial charge in [0.2, 0.25) is 0 Å². The molecule has 0 radical (unpaired) electrons. The first kappa shape index (κ1) is 20.0. The van der Waals surface area contributed by atoms with Gasteiger partial charge in [-0.2, -0.15) is 0 Å². The smallest absolute Gasteiger partial charge is 0.290 e. The summed E-state index contributed by atoms with van der Waals surface area (Å²) in [4.78, 5) is 37.7. The van der Waals surface area contributed by atoms with Crippen molar-refractivity contribution in [2.75, 3.05) is 25.2 Å². The summed E-state index contributed by atoms with van der Waals surface area (Å²) in [5, 5.41) is 1.85. The lowest BCUT2D eigenvalue weighted by molar-refractivity contribution is -0.121. The van der Waals surface area contributed by atoms with Crippen molar-refractivity contribution in [3.8, 4) is 11.5 Å². The lowest BCUT2D eigenvalue weighted by Crippen LogP contribution is -2.39. The molecule has 2 aliphatic rings. The predicted octanol–water partition coefficient (Wildman–Crippen LogP) is 3.38. The molecule has 2 aliphatic heterocycles. The number of imide groups is 1. The van der Waals surface area contributed by atoms with Crippen molar-refractivity contribution in [1.82, 2.24) is 5.32 Å². The van der Waals surface area contributed by atoms with E-state index in [0.717, 1.165) is 35.9 Å². The number of methoxy groups -OCH3 is 1. The average molecular weight is 424 g/mol. The second kappa shape index (κ2) is 8.62. The molecule has 1 N–H and O–H groups in total. The van der Waals surface area contributed by atoms with Gasteiger partial charge in [0.15, 0.2) is 6.61 Å². The van der Waals surface area contributed by atoms with E-state index in [1.165, 1.54) is 5.56 Å². The summed E-state index contributed by atoms with van der Waals surface area (Å²) in [7, 11) is 1.64. The zero-order valence-corrected chi connectivity index (χ0v) is 17.2. The quantitative estimate of drug-likeness (QED) is 0.716. The summed E-state index contributed by atoms with van der Waals surface area (Å²) in [6.07, 6.45) is 3.25. The van der Waals surface area contributed by atoms with E-state index < -0.39 is 5.91 Å². The van der Waals surface area contributed by atoms with Crippen LogP contribution in [-0.2, 0) is 16.0 Å². The van der Waals surface area contributed by atoms with Gasteiger partial charge < -0.3 is 14.4 Å². The van der Waals surface area contributed by atoms with Crippen molar-refractivity contribution in [2.45, 2.75) is 12.8 Å². The molecule has 4 rings (SSSR count). The number of nitrogens with one attached hydrogen (secondary N) is 1. The van der Waals surface area contributed by atoms with Crippen LogP contribution in [0.3, 0.4) is 0 Å². The van der Waals surface area contributed by atoms with Crippen LogP contribution in [0.4, 0.5) is 10.5 Å². The van der Waals surface area contributed by atoms with Gasteiger partial charge in [0.1, 0.15) is 11.5 Å². The first-order valence-electron chi connectivity index (χ1n) is 9.48. The Balaban J connectivity index is 1.49. The van der Waals surface area contributed by atoms with Crippen LogP contribution in [-0.4, -0.2) is 37.3 Å². The van der Waals surface area contributed by atoms with Gasteiger partial charge in [0.25, 0.3) is 17.1 Å². The Hall–Kier alpha value is -3.26. The normalized spacial score (nSPS) is 17.0. The van der Waals surface area contributed by atoms with Crippen molar-refractivity contribution in [3.05, 3.63) is 58.5 Å². The third-order valence-corrected chi connectivity index (χ3v) is 5.68. The van der Waals surface area contributed by atoms with Crippen molar-refractivity contribution >= 4 is 40.6 Å². The molecule has 0 atom stereocenters. The molecule has 0 bridgehead atoms. The van der Waals surface area contributed by atoms with Crippen LogP contribution in [0.5, 0.6) is 11.5 Å². The van der Waals surface area contributed by atoms with Crippen molar-refractivity contribution < 1.29 is 23.9 Å². The molecule has 1 fully saturated rings. The maximum atomic E-state index is 12.5. The molecule has 30 heavy (non-hydrogen) atoms. The molecule has 2 aromatic carbocycles. The average Bonchev–Trinajstić information content (AvgIpc) is 3.06. The maximum Gasteiger partial charge on any atom is 0.290 e. The minimum Gasteiger partial charge on any atom is -0.497 e. The highest BCUT2D eigenvalue weighted by molar-refractivity contribution is 8.18. The Morgan fingerprint density at radius 3 is 2.67 bits per heavy atom. The van der Waals surface area contributed by atoms with E-state index in [2.05, 4.69) is 5.32 Å². The lowest BCUT2D eigenvalue weighted by atomic mass is 10.1. The summed E-state index contributed by atoms with van der Waals surface area (Å²) >= 11 is 0.862. The van der Waals surface area contributed by atoms with Crippen LogP contribution in [0.25, 0.3) is 6.08 Å². The number of benzene rings is 2. The number of hydrogen-bond donors (Lipinski definition) is 1. The predicted molar refractivity (Wildman–Crippen MR) is 115 cm³/mol. The molecule has 0 saturated carbocycles. The number of thioether (sulfide) groups is 1. The van der Waals surface area contributed by atoms with E-state index in [0.29, 0.717) is 22.9 Å². The highest BCUT2D eigenvalue weighted by atomic mass is 32.2. The molecule has 7 nitrogen and oxygen atoms in total. The van der Waals surface area contributed by atoms with Gasteiger partial charge in [-0.1, -0.05) is 18.2 Å². The van der Waals surface area contributed by atoms with Crippen LogP contribution < -0.4 is 19.7 Å².